The number of aliphatic hydroxyl groups excluding tert-OH is 1. The Morgan fingerprint density at radius 3 is 1.32 bits per heavy atom. The molecule has 0 saturated carbocycles. The molecule has 2 N–H and O–H groups in total. The number of amides is 1. The second-order valence-corrected chi connectivity index (χ2v) is 13.8. The first-order valence-electron chi connectivity index (χ1n) is 18.5. The Morgan fingerprint density at radius 2 is 0.850 bits per heavy atom. The molecule has 0 aromatic carbocycles. The van der Waals surface area contributed by atoms with Gasteiger partial charge in [-0.2, -0.15) is 0 Å². The van der Waals surface area contributed by atoms with Crippen LogP contribution in [0.4, 0.5) is 0 Å². The van der Waals surface area contributed by atoms with Crippen molar-refractivity contribution in [1.82, 2.24) is 5.32 Å². The number of aliphatic hydroxyl groups is 1. The lowest BCUT2D eigenvalue weighted by Crippen LogP contribution is -2.70. The molecule has 0 aromatic rings. The largest absolute Gasteiger partial charge is 0.463 e. The van der Waals surface area contributed by atoms with Gasteiger partial charge in [0.05, 0.1) is 6.10 Å². The Labute approximate surface area is 343 Å². The first kappa shape index (κ1) is 49.4. The van der Waals surface area contributed by atoms with Crippen molar-refractivity contribution in [3.05, 3.63) is 0 Å². The van der Waals surface area contributed by atoms with Crippen LogP contribution in [0, 0.1) is 0 Å². The summed E-state index contributed by atoms with van der Waals surface area (Å²) in [6.07, 6.45) is -23.5. The maximum Gasteiger partial charge on any atom is 0.303 e. The van der Waals surface area contributed by atoms with E-state index in [1.807, 2.05) is 0 Å². The van der Waals surface area contributed by atoms with Crippen LogP contribution in [-0.2, 0) is 105 Å². The van der Waals surface area contributed by atoms with Crippen molar-refractivity contribution in [2.45, 2.75) is 161 Å². The normalized spacial score (nSPS) is 33.8. The standard InChI is InChI=1S/C36H51NO23/c1-13-26(51-17(5)41)30(55-21(9)45)33(56-22(10)46)36(50-13)60-32-31(28(53-19(7)43)23(57-34(32)47)11-48-15(3)39)59-35-25(37-14(2)38)29(54-20(8)44)27(52-18(6)42)24(58-35)12-49-16(4)40/h13,23-36,47H,11-12H2,1-10H3,(H,37,38)/t13-,23+,24+,25+,26+,27-,28-,29+,30+,31-,32+,33-,34-,35+,36-/m0/s1. The fourth-order valence-electron chi connectivity index (χ4n) is 6.66. The minimum absolute atomic E-state index is 0.643. The zero-order valence-corrected chi connectivity index (χ0v) is 34.5. The predicted octanol–water partition coefficient (Wildman–Crippen LogP) is -1.84. The number of ether oxygens (including phenoxy) is 13. The number of carbonyl (C=O) groups excluding carboxylic acids is 9. The summed E-state index contributed by atoms with van der Waals surface area (Å²) in [6, 6.07) is -1.60. The summed E-state index contributed by atoms with van der Waals surface area (Å²) in [5.41, 5.74) is 0. The molecule has 1 amide bonds. The molecule has 0 aliphatic carbocycles. The van der Waals surface area contributed by atoms with Crippen molar-refractivity contribution in [3.63, 3.8) is 0 Å². The lowest BCUT2D eigenvalue weighted by molar-refractivity contribution is -0.380. The lowest BCUT2D eigenvalue weighted by atomic mass is 9.94. The van der Waals surface area contributed by atoms with Gasteiger partial charge in [0.2, 0.25) is 5.91 Å². The smallest absolute Gasteiger partial charge is 0.303 e. The topological polar surface area (TPSA) is 306 Å². The van der Waals surface area contributed by atoms with E-state index in [4.69, 9.17) is 61.6 Å². The Hall–Kier alpha value is -5.01. The van der Waals surface area contributed by atoms with Gasteiger partial charge in [0.25, 0.3) is 0 Å². The van der Waals surface area contributed by atoms with Crippen molar-refractivity contribution in [3.8, 4) is 0 Å². The molecule has 3 saturated heterocycles. The fraction of sp³-hybridized carbons (Fsp3) is 0.750. The van der Waals surface area contributed by atoms with Crippen LogP contribution >= 0.6 is 0 Å². The zero-order valence-electron chi connectivity index (χ0n) is 34.5. The van der Waals surface area contributed by atoms with E-state index in [1.165, 1.54) is 6.92 Å². The highest BCUT2D eigenvalue weighted by molar-refractivity contribution is 5.74. The van der Waals surface area contributed by atoms with Gasteiger partial charge in [-0.25, -0.2) is 0 Å². The number of carbonyl (C=O) groups is 9. The Morgan fingerprint density at radius 1 is 0.450 bits per heavy atom. The summed E-state index contributed by atoms with van der Waals surface area (Å²) in [4.78, 5) is 111. The molecule has 0 bridgehead atoms. The van der Waals surface area contributed by atoms with Gasteiger partial charge in [-0.1, -0.05) is 0 Å². The third-order valence-electron chi connectivity index (χ3n) is 8.65. The molecule has 15 atom stereocenters. The van der Waals surface area contributed by atoms with Crippen LogP contribution in [0.5, 0.6) is 0 Å². The van der Waals surface area contributed by atoms with E-state index in [0.29, 0.717) is 0 Å². The second kappa shape index (κ2) is 22.0. The van der Waals surface area contributed by atoms with E-state index in [-0.39, 0.29) is 0 Å². The van der Waals surface area contributed by atoms with E-state index >= 15 is 0 Å². The average Bonchev–Trinajstić information content (AvgIpc) is 3.10. The zero-order chi connectivity index (χ0) is 45.2. The van der Waals surface area contributed by atoms with Crippen LogP contribution in [0.15, 0.2) is 0 Å². The van der Waals surface area contributed by atoms with E-state index in [1.54, 1.807) is 0 Å². The third-order valence-corrected chi connectivity index (χ3v) is 8.65. The molecule has 60 heavy (non-hydrogen) atoms. The van der Waals surface area contributed by atoms with Gasteiger partial charge in [-0.15, -0.1) is 0 Å². The van der Waals surface area contributed by atoms with Crippen LogP contribution in [0.3, 0.4) is 0 Å². The maximum absolute atomic E-state index is 12.7. The summed E-state index contributed by atoms with van der Waals surface area (Å²) in [5, 5.41) is 14.1. The van der Waals surface area contributed by atoms with Crippen LogP contribution in [0.1, 0.15) is 69.2 Å². The molecule has 24 nitrogen and oxygen atoms in total. The maximum atomic E-state index is 12.7. The van der Waals surface area contributed by atoms with E-state index < -0.39 is 159 Å². The average molecular weight is 866 g/mol. The summed E-state index contributed by atoms with van der Waals surface area (Å²) in [5.74, 6) is -7.85. The lowest BCUT2D eigenvalue weighted by Gasteiger charge is -2.50. The number of esters is 8. The number of hydrogen-bond acceptors (Lipinski definition) is 23. The Bertz CT molecular complexity index is 1600. The quantitative estimate of drug-likeness (QED) is 0.135. The Kier molecular flexibility index (Phi) is 18.1. The van der Waals surface area contributed by atoms with Gasteiger partial charge in [0.15, 0.2) is 55.5 Å². The summed E-state index contributed by atoms with van der Waals surface area (Å²) in [7, 11) is 0. The van der Waals surface area contributed by atoms with Gasteiger partial charge >= 0.3 is 47.8 Å². The van der Waals surface area contributed by atoms with Gasteiger partial charge in [-0.3, -0.25) is 43.2 Å². The molecular weight excluding hydrogens is 814 g/mol. The highest BCUT2D eigenvalue weighted by Gasteiger charge is 2.58. The third kappa shape index (κ3) is 14.0. The molecule has 0 spiro atoms. The molecule has 338 valence electrons. The molecule has 0 radical (unpaired) electrons. The van der Waals surface area contributed by atoms with E-state index in [9.17, 15) is 48.3 Å². The number of nitrogens with one attached hydrogen (secondary N) is 1. The van der Waals surface area contributed by atoms with Crippen molar-refractivity contribution >= 4 is 53.7 Å². The van der Waals surface area contributed by atoms with E-state index in [0.717, 1.165) is 62.3 Å². The van der Waals surface area contributed by atoms with Crippen molar-refractivity contribution in [2.75, 3.05) is 13.2 Å². The molecule has 0 aromatic heterocycles. The minimum atomic E-state index is -2.14. The first-order chi connectivity index (χ1) is 28.0. The summed E-state index contributed by atoms with van der Waals surface area (Å²) >= 11 is 0. The predicted molar refractivity (Wildman–Crippen MR) is 188 cm³/mol. The molecule has 3 aliphatic heterocycles. The molecule has 0 unspecified atom stereocenters. The van der Waals surface area contributed by atoms with Crippen molar-refractivity contribution < 1.29 is 110 Å². The number of rotatable bonds is 15. The summed E-state index contributed by atoms with van der Waals surface area (Å²) in [6.45, 7) is 9.42. The van der Waals surface area contributed by atoms with Crippen LogP contribution in [-0.4, -0.2) is 164 Å². The Balaban J connectivity index is 2.26. The van der Waals surface area contributed by atoms with Crippen LogP contribution in [0.25, 0.3) is 0 Å². The van der Waals surface area contributed by atoms with Crippen LogP contribution in [0.2, 0.25) is 0 Å². The van der Waals surface area contributed by atoms with Gasteiger partial charge in [-0.05, 0) is 6.92 Å². The molecular formula is C36H51NO23. The van der Waals surface area contributed by atoms with Gasteiger partial charge in [0, 0.05) is 62.3 Å². The number of hydrogen-bond donors (Lipinski definition) is 2. The molecule has 3 heterocycles. The molecule has 3 rings (SSSR count). The van der Waals surface area contributed by atoms with E-state index in [2.05, 4.69) is 5.32 Å². The van der Waals surface area contributed by atoms with Crippen LogP contribution < -0.4 is 5.32 Å². The highest BCUT2D eigenvalue weighted by Crippen LogP contribution is 2.37. The first-order valence-corrected chi connectivity index (χ1v) is 18.5. The molecule has 3 aliphatic rings. The van der Waals surface area contributed by atoms with Crippen molar-refractivity contribution in [2.24, 2.45) is 0 Å². The molecule has 3 fully saturated rings. The van der Waals surface area contributed by atoms with Crippen molar-refractivity contribution in [1.29, 1.82) is 0 Å². The fourth-order valence-corrected chi connectivity index (χ4v) is 6.66. The second-order valence-electron chi connectivity index (χ2n) is 13.8. The SMILES string of the molecule is CC(=O)N[C@H]1[C@@H](O[C@@H]2[C@@H](O[C@@H]3O[C@@H](C)[C@@H](OC(C)=O)[C@@H](OC(C)=O)[C@@H]3OC(C)=O)[C@@H](O)O[C@H](COC(C)=O)[C@@H]2OC(C)=O)O[C@H](COC(C)=O)[C@H](OC(C)=O)[C@@H]1OC(C)=O. The van der Waals surface area contributed by atoms with Gasteiger partial charge < -0.3 is 72.0 Å². The highest BCUT2D eigenvalue weighted by atomic mass is 16.8. The minimum Gasteiger partial charge on any atom is -0.463 e. The summed E-state index contributed by atoms with van der Waals surface area (Å²) < 4.78 is 73.6. The van der Waals surface area contributed by atoms with Gasteiger partial charge in [0.1, 0.15) is 43.7 Å². The molecule has 24 heteroatoms. The monoisotopic (exact) mass is 865 g/mol.